The van der Waals surface area contributed by atoms with Gasteiger partial charge in [0.05, 0.1) is 6.42 Å². The molecule has 0 aromatic rings. The highest BCUT2D eigenvalue weighted by molar-refractivity contribution is 5.77. The molecule has 6 heteroatoms. The minimum atomic E-state index is -0.845. The molecule has 4 N–H and O–H groups in total. The Balaban J connectivity index is 2.40. The van der Waals surface area contributed by atoms with Crippen molar-refractivity contribution >= 4 is 11.9 Å². The van der Waals surface area contributed by atoms with Gasteiger partial charge in [-0.15, -0.1) is 0 Å². The van der Waals surface area contributed by atoms with Gasteiger partial charge < -0.3 is 10.0 Å². The van der Waals surface area contributed by atoms with Crippen molar-refractivity contribution in [2.45, 2.75) is 12.8 Å². The van der Waals surface area contributed by atoms with Crippen LogP contribution in [0.25, 0.3) is 0 Å². The second kappa shape index (κ2) is 4.08. The Morgan fingerprint density at radius 2 is 2.31 bits per heavy atom. The highest BCUT2D eigenvalue weighted by Crippen LogP contribution is 2.04. The maximum atomic E-state index is 10.3. The van der Waals surface area contributed by atoms with E-state index in [1.54, 1.807) is 4.90 Å². The maximum absolute atomic E-state index is 10.3. The van der Waals surface area contributed by atoms with Crippen molar-refractivity contribution in [2.75, 3.05) is 19.6 Å². The molecule has 1 fully saturated rings. The highest BCUT2D eigenvalue weighted by Gasteiger charge is 2.19. The number of nitrogens with zero attached hydrogens (tertiary/aromatic N) is 2. The summed E-state index contributed by atoms with van der Waals surface area (Å²) in [6, 6.07) is 0. The highest BCUT2D eigenvalue weighted by atomic mass is 16.4. The second-order valence-corrected chi connectivity index (χ2v) is 3.00. The average molecular weight is 186 g/mol. The van der Waals surface area contributed by atoms with E-state index in [2.05, 4.69) is 0 Å². The summed E-state index contributed by atoms with van der Waals surface area (Å²) in [5, 5.41) is 17.3. The van der Waals surface area contributed by atoms with Crippen LogP contribution < -0.4 is 5.84 Å². The van der Waals surface area contributed by atoms with Gasteiger partial charge in [0.1, 0.15) is 0 Å². The van der Waals surface area contributed by atoms with Crippen molar-refractivity contribution in [1.29, 1.82) is 5.41 Å². The number of hydrazine groups is 1. The fourth-order valence-electron chi connectivity index (χ4n) is 1.27. The summed E-state index contributed by atoms with van der Waals surface area (Å²) in [5.74, 6) is 4.86. The monoisotopic (exact) mass is 186 g/mol. The van der Waals surface area contributed by atoms with E-state index in [1.165, 1.54) is 5.01 Å². The van der Waals surface area contributed by atoms with Crippen molar-refractivity contribution in [3.8, 4) is 0 Å². The molecule has 0 bridgehead atoms. The molecule has 13 heavy (non-hydrogen) atoms. The van der Waals surface area contributed by atoms with Gasteiger partial charge >= 0.3 is 5.97 Å². The quantitative estimate of drug-likeness (QED) is 0.505. The van der Waals surface area contributed by atoms with Crippen LogP contribution in [0.5, 0.6) is 0 Å². The van der Waals surface area contributed by atoms with Gasteiger partial charge in [-0.3, -0.25) is 15.2 Å². The van der Waals surface area contributed by atoms with Gasteiger partial charge in [-0.05, 0) is 6.42 Å². The third-order valence-corrected chi connectivity index (χ3v) is 1.99. The lowest BCUT2D eigenvalue weighted by Gasteiger charge is -2.35. The number of guanidine groups is 1. The zero-order valence-corrected chi connectivity index (χ0v) is 7.36. The first-order valence-corrected chi connectivity index (χ1v) is 4.19. The summed E-state index contributed by atoms with van der Waals surface area (Å²) in [5.41, 5.74) is 0. The number of aliphatic carboxylic acids is 1. The summed E-state index contributed by atoms with van der Waals surface area (Å²) in [6.45, 7) is 1.75. The van der Waals surface area contributed by atoms with Crippen LogP contribution in [-0.4, -0.2) is 46.6 Å². The molecule has 1 heterocycles. The Kier molecular flexibility index (Phi) is 3.07. The lowest BCUT2D eigenvalue weighted by molar-refractivity contribution is -0.137. The first-order valence-electron chi connectivity index (χ1n) is 4.19. The van der Waals surface area contributed by atoms with Crippen molar-refractivity contribution < 1.29 is 9.90 Å². The van der Waals surface area contributed by atoms with Crippen LogP contribution in [0, 0.1) is 5.41 Å². The summed E-state index contributed by atoms with van der Waals surface area (Å²) >= 11 is 0. The molecule has 1 aliphatic rings. The third kappa shape index (κ3) is 2.59. The van der Waals surface area contributed by atoms with E-state index >= 15 is 0 Å². The molecule has 0 spiro atoms. The Bertz CT molecular complexity index is 219. The Morgan fingerprint density at radius 3 is 2.92 bits per heavy atom. The van der Waals surface area contributed by atoms with Crippen LogP contribution in [0.15, 0.2) is 0 Å². The molecule has 0 unspecified atom stereocenters. The number of rotatable bonds is 3. The molecule has 0 aromatic heterocycles. The summed E-state index contributed by atoms with van der Waals surface area (Å²) in [6.07, 6.45) is 0.925. The summed E-state index contributed by atoms with van der Waals surface area (Å²) in [4.78, 5) is 12.0. The summed E-state index contributed by atoms with van der Waals surface area (Å²) in [7, 11) is 0. The molecule has 0 saturated carbocycles. The molecule has 1 aliphatic heterocycles. The minimum Gasteiger partial charge on any atom is -0.481 e. The van der Waals surface area contributed by atoms with Gasteiger partial charge in [0.2, 0.25) is 5.96 Å². The maximum Gasteiger partial charge on any atom is 0.305 e. The first-order chi connectivity index (χ1) is 6.11. The molecule has 0 aliphatic carbocycles. The molecule has 0 atom stereocenters. The van der Waals surface area contributed by atoms with Crippen LogP contribution in [0.2, 0.25) is 0 Å². The number of carboxylic acid groups (broad SMARTS) is 1. The number of hydrogen-bond acceptors (Lipinski definition) is 3. The standard InChI is InChI=1S/C7H14N4O2/c8-7-10(5-2-6(12)13)3-1-4-11(7)9/h8H,1-5,9H2,(H,12,13). The average Bonchev–Trinajstić information content (AvgIpc) is 2.07. The van der Waals surface area contributed by atoms with Crippen LogP contribution in [-0.2, 0) is 4.79 Å². The first kappa shape index (κ1) is 9.79. The van der Waals surface area contributed by atoms with Crippen molar-refractivity contribution in [1.82, 2.24) is 9.91 Å². The fourth-order valence-corrected chi connectivity index (χ4v) is 1.27. The number of carbonyl (C=O) groups is 1. The van der Waals surface area contributed by atoms with Crippen LogP contribution in [0.3, 0.4) is 0 Å². The van der Waals surface area contributed by atoms with E-state index in [-0.39, 0.29) is 12.4 Å². The molecule has 0 radical (unpaired) electrons. The van der Waals surface area contributed by atoms with Gasteiger partial charge in [0.25, 0.3) is 0 Å². The Labute approximate surface area is 76.4 Å². The zero-order chi connectivity index (χ0) is 9.84. The zero-order valence-electron chi connectivity index (χ0n) is 7.36. The van der Waals surface area contributed by atoms with Crippen LogP contribution in [0.4, 0.5) is 0 Å². The number of nitrogens with one attached hydrogen (secondary N) is 1. The van der Waals surface area contributed by atoms with Crippen LogP contribution in [0.1, 0.15) is 12.8 Å². The van der Waals surface area contributed by atoms with E-state index in [9.17, 15) is 4.79 Å². The van der Waals surface area contributed by atoms with Gasteiger partial charge in [-0.2, -0.15) is 0 Å². The van der Waals surface area contributed by atoms with Crippen LogP contribution >= 0.6 is 0 Å². The largest absolute Gasteiger partial charge is 0.481 e. The third-order valence-electron chi connectivity index (χ3n) is 1.99. The molecule has 74 valence electrons. The Hall–Kier alpha value is -1.30. The molecule has 0 amide bonds. The van der Waals surface area contributed by atoms with E-state index in [0.29, 0.717) is 13.1 Å². The molecule has 1 saturated heterocycles. The smallest absolute Gasteiger partial charge is 0.305 e. The SMILES string of the molecule is N=C1N(N)CCCN1CCC(=O)O. The van der Waals surface area contributed by atoms with E-state index in [1.807, 2.05) is 0 Å². The lowest BCUT2D eigenvalue weighted by atomic mass is 10.3. The molecular formula is C7H14N4O2. The van der Waals surface area contributed by atoms with Gasteiger partial charge in [-0.1, -0.05) is 0 Å². The number of nitrogens with two attached hydrogens (primary N) is 1. The van der Waals surface area contributed by atoms with E-state index in [0.717, 1.165) is 13.0 Å². The predicted octanol–water partition coefficient (Wildman–Crippen LogP) is -0.723. The topological polar surface area (TPSA) is 93.7 Å². The Morgan fingerprint density at radius 1 is 1.62 bits per heavy atom. The van der Waals surface area contributed by atoms with Gasteiger partial charge in [-0.25, -0.2) is 5.84 Å². The van der Waals surface area contributed by atoms with E-state index < -0.39 is 5.97 Å². The van der Waals surface area contributed by atoms with Crippen molar-refractivity contribution in [3.05, 3.63) is 0 Å². The van der Waals surface area contributed by atoms with Gasteiger partial charge in [0, 0.05) is 19.6 Å². The van der Waals surface area contributed by atoms with Gasteiger partial charge in [0.15, 0.2) is 0 Å². The van der Waals surface area contributed by atoms with E-state index in [4.69, 9.17) is 16.4 Å². The fraction of sp³-hybridized carbons (Fsp3) is 0.714. The minimum absolute atomic E-state index is 0.0518. The second-order valence-electron chi connectivity index (χ2n) is 3.00. The summed E-state index contributed by atoms with van der Waals surface area (Å²) < 4.78 is 0. The molecule has 6 nitrogen and oxygen atoms in total. The van der Waals surface area contributed by atoms with Crippen molar-refractivity contribution in [2.24, 2.45) is 5.84 Å². The number of carboxylic acids is 1. The number of hydrogen-bond donors (Lipinski definition) is 3. The molecule has 1 rings (SSSR count). The predicted molar refractivity (Wildman–Crippen MR) is 47.1 cm³/mol. The molecule has 0 aromatic carbocycles. The normalized spacial score (nSPS) is 17.8. The van der Waals surface area contributed by atoms with Crippen molar-refractivity contribution in [3.63, 3.8) is 0 Å². The lowest BCUT2D eigenvalue weighted by Crippen LogP contribution is -2.53. The molecular weight excluding hydrogens is 172 g/mol.